The molecule has 1 saturated heterocycles. The minimum absolute atomic E-state index is 0.0764. The summed E-state index contributed by atoms with van der Waals surface area (Å²) in [5, 5.41) is 3.69. The van der Waals surface area contributed by atoms with Crippen LogP contribution in [0.4, 0.5) is 19.1 Å². The zero-order chi connectivity index (χ0) is 22.0. The highest BCUT2D eigenvalue weighted by molar-refractivity contribution is 5.86. The van der Waals surface area contributed by atoms with Gasteiger partial charge in [0, 0.05) is 24.0 Å². The molecule has 0 saturated carbocycles. The number of hydrogen-bond acceptors (Lipinski definition) is 5. The van der Waals surface area contributed by atoms with Crippen molar-refractivity contribution in [2.24, 2.45) is 0 Å². The maximum atomic E-state index is 12.9. The van der Waals surface area contributed by atoms with Crippen molar-refractivity contribution < 1.29 is 22.7 Å². The van der Waals surface area contributed by atoms with Gasteiger partial charge in [0.25, 0.3) is 0 Å². The van der Waals surface area contributed by atoms with Crippen LogP contribution < -0.4 is 15.0 Å². The van der Waals surface area contributed by atoms with Crippen LogP contribution in [-0.2, 0) is 11.3 Å². The van der Waals surface area contributed by atoms with E-state index in [1.54, 1.807) is 6.07 Å². The van der Waals surface area contributed by atoms with E-state index in [0.717, 1.165) is 23.0 Å². The first kappa shape index (κ1) is 20.9. The lowest BCUT2D eigenvalue weighted by Gasteiger charge is -2.24. The zero-order valence-corrected chi connectivity index (χ0v) is 16.8. The highest BCUT2D eigenvalue weighted by Crippen LogP contribution is 2.28. The standard InChI is InChI=1S/C22H21F3N4O2/c1-14-16-8-3-4-9-17(16)28-21(27-14)29-12-6-10-18(29)20(30)26-13-15-7-2-5-11-19(15)31-22(23,24)25/h2-5,7-9,11,18H,6,10,12-13H2,1H3,(H,26,30). The number of aryl methyl sites for hydroxylation is 1. The topological polar surface area (TPSA) is 67.4 Å². The van der Waals surface area contributed by atoms with Crippen molar-refractivity contribution >= 4 is 22.8 Å². The lowest BCUT2D eigenvalue weighted by Crippen LogP contribution is -2.44. The molecule has 6 nitrogen and oxygen atoms in total. The molecular formula is C22H21F3N4O2. The van der Waals surface area contributed by atoms with E-state index in [0.29, 0.717) is 18.9 Å². The lowest BCUT2D eigenvalue weighted by molar-refractivity contribution is -0.274. The third kappa shape index (κ3) is 4.70. The Labute approximate surface area is 177 Å². The molecule has 2 heterocycles. The molecule has 1 aromatic heterocycles. The molecule has 9 heteroatoms. The zero-order valence-electron chi connectivity index (χ0n) is 16.8. The van der Waals surface area contributed by atoms with E-state index in [1.807, 2.05) is 36.1 Å². The number of anilines is 1. The first-order valence-electron chi connectivity index (χ1n) is 9.93. The summed E-state index contributed by atoms with van der Waals surface area (Å²) in [6, 6.07) is 12.9. The lowest BCUT2D eigenvalue weighted by atomic mass is 10.1. The van der Waals surface area contributed by atoms with Crippen LogP contribution in [-0.4, -0.2) is 34.8 Å². The number of nitrogens with zero attached hydrogens (tertiary/aromatic N) is 3. The van der Waals surface area contributed by atoms with Gasteiger partial charge in [0.1, 0.15) is 11.8 Å². The molecule has 162 valence electrons. The molecule has 0 radical (unpaired) electrons. The summed E-state index contributed by atoms with van der Waals surface area (Å²) >= 11 is 0. The third-order valence-electron chi connectivity index (χ3n) is 5.25. The number of fused-ring (bicyclic) bond motifs is 1. The number of carbonyl (C=O) groups excluding carboxylic acids is 1. The third-order valence-corrected chi connectivity index (χ3v) is 5.25. The molecule has 1 aliphatic rings. The first-order valence-corrected chi connectivity index (χ1v) is 9.93. The van der Waals surface area contributed by atoms with E-state index in [1.165, 1.54) is 18.2 Å². The Morgan fingerprint density at radius 2 is 1.90 bits per heavy atom. The molecule has 1 amide bonds. The summed E-state index contributed by atoms with van der Waals surface area (Å²) in [6.07, 6.45) is -3.39. The molecule has 1 fully saturated rings. The van der Waals surface area contributed by atoms with Gasteiger partial charge in [-0.25, -0.2) is 9.97 Å². The van der Waals surface area contributed by atoms with Gasteiger partial charge >= 0.3 is 6.36 Å². The molecule has 3 aromatic rings. The molecule has 4 rings (SSSR count). The van der Waals surface area contributed by atoms with E-state index < -0.39 is 12.4 Å². The molecule has 0 bridgehead atoms. The Morgan fingerprint density at radius 1 is 1.16 bits per heavy atom. The van der Waals surface area contributed by atoms with E-state index in [2.05, 4.69) is 20.0 Å². The molecule has 0 aliphatic carbocycles. The van der Waals surface area contributed by atoms with Crippen molar-refractivity contribution in [3.05, 3.63) is 59.8 Å². The normalized spacial score (nSPS) is 16.5. The number of nitrogens with one attached hydrogen (secondary N) is 1. The Kier molecular flexibility index (Phi) is 5.67. The number of amides is 1. The predicted octanol–water partition coefficient (Wildman–Crippen LogP) is 4.12. The van der Waals surface area contributed by atoms with Gasteiger partial charge < -0.3 is 15.0 Å². The summed E-state index contributed by atoms with van der Waals surface area (Å²) in [5.74, 6) is -0.129. The SMILES string of the molecule is Cc1nc(N2CCCC2C(=O)NCc2ccccc2OC(F)(F)F)nc2ccccc12. The van der Waals surface area contributed by atoms with Gasteiger partial charge in [0.05, 0.1) is 11.2 Å². The predicted molar refractivity (Wildman–Crippen MR) is 110 cm³/mol. The molecule has 31 heavy (non-hydrogen) atoms. The number of halogens is 3. The minimum Gasteiger partial charge on any atom is -0.405 e. The second-order valence-electron chi connectivity index (χ2n) is 7.35. The Bertz CT molecular complexity index is 1100. The van der Waals surface area contributed by atoms with Crippen molar-refractivity contribution in [1.82, 2.24) is 15.3 Å². The second-order valence-corrected chi connectivity index (χ2v) is 7.35. The first-order chi connectivity index (χ1) is 14.8. The molecule has 1 N–H and O–H groups in total. The number of rotatable bonds is 5. The highest BCUT2D eigenvalue weighted by Gasteiger charge is 2.34. The minimum atomic E-state index is -4.80. The summed E-state index contributed by atoms with van der Waals surface area (Å²) < 4.78 is 41.9. The van der Waals surface area contributed by atoms with E-state index in [-0.39, 0.29) is 23.8 Å². The fourth-order valence-electron chi connectivity index (χ4n) is 3.80. The van der Waals surface area contributed by atoms with Gasteiger partial charge in [-0.1, -0.05) is 36.4 Å². The molecule has 1 atom stereocenters. The van der Waals surface area contributed by atoms with Crippen LogP contribution >= 0.6 is 0 Å². The smallest absolute Gasteiger partial charge is 0.405 e. The number of para-hydroxylation sites is 2. The number of ether oxygens (including phenoxy) is 1. The molecule has 1 unspecified atom stereocenters. The fourth-order valence-corrected chi connectivity index (χ4v) is 3.80. The van der Waals surface area contributed by atoms with Gasteiger partial charge in [0.2, 0.25) is 11.9 Å². The van der Waals surface area contributed by atoms with E-state index in [4.69, 9.17) is 0 Å². The van der Waals surface area contributed by atoms with E-state index in [9.17, 15) is 18.0 Å². The Balaban J connectivity index is 1.50. The van der Waals surface area contributed by atoms with Crippen LogP contribution in [0.3, 0.4) is 0 Å². The average Bonchev–Trinajstić information content (AvgIpc) is 3.22. The van der Waals surface area contributed by atoms with Crippen LogP contribution in [0.5, 0.6) is 5.75 Å². The fraction of sp³-hybridized carbons (Fsp3) is 0.318. The Hall–Kier alpha value is -3.36. The maximum Gasteiger partial charge on any atom is 0.573 e. The van der Waals surface area contributed by atoms with Crippen LogP contribution in [0.1, 0.15) is 24.1 Å². The van der Waals surface area contributed by atoms with Gasteiger partial charge in [-0.05, 0) is 31.9 Å². The number of benzene rings is 2. The van der Waals surface area contributed by atoms with Gasteiger partial charge in [-0.3, -0.25) is 4.79 Å². The van der Waals surface area contributed by atoms with Crippen LogP contribution in [0.15, 0.2) is 48.5 Å². The quantitative estimate of drug-likeness (QED) is 0.660. The monoisotopic (exact) mass is 430 g/mol. The van der Waals surface area contributed by atoms with Crippen LogP contribution in [0, 0.1) is 6.92 Å². The average molecular weight is 430 g/mol. The molecule has 0 spiro atoms. The summed E-state index contributed by atoms with van der Waals surface area (Å²) in [6.45, 7) is 2.45. The summed E-state index contributed by atoms with van der Waals surface area (Å²) in [5.41, 5.74) is 1.87. The van der Waals surface area contributed by atoms with Gasteiger partial charge in [0.15, 0.2) is 0 Å². The van der Waals surface area contributed by atoms with E-state index >= 15 is 0 Å². The van der Waals surface area contributed by atoms with Crippen molar-refractivity contribution in [2.45, 2.75) is 38.7 Å². The Morgan fingerprint density at radius 3 is 2.71 bits per heavy atom. The number of aromatic nitrogens is 2. The highest BCUT2D eigenvalue weighted by atomic mass is 19.4. The summed E-state index contributed by atoms with van der Waals surface area (Å²) in [4.78, 5) is 23.9. The molecule has 1 aliphatic heterocycles. The van der Waals surface area contributed by atoms with Gasteiger partial charge in [-0.15, -0.1) is 13.2 Å². The van der Waals surface area contributed by atoms with Crippen LogP contribution in [0.25, 0.3) is 10.9 Å². The van der Waals surface area contributed by atoms with Crippen LogP contribution in [0.2, 0.25) is 0 Å². The van der Waals surface area contributed by atoms with Crippen molar-refractivity contribution in [1.29, 1.82) is 0 Å². The summed E-state index contributed by atoms with van der Waals surface area (Å²) in [7, 11) is 0. The molecular weight excluding hydrogens is 409 g/mol. The van der Waals surface area contributed by atoms with Crippen molar-refractivity contribution in [3.63, 3.8) is 0 Å². The number of hydrogen-bond donors (Lipinski definition) is 1. The largest absolute Gasteiger partial charge is 0.573 e. The number of alkyl halides is 3. The number of carbonyl (C=O) groups is 1. The van der Waals surface area contributed by atoms with Crippen molar-refractivity contribution in [3.8, 4) is 5.75 Å². The maximum absolute atomic E-state index is 12.9. The van der Waals surface area contributed by atoms with Crippen molar-refractivity contribution in [2.75, 3.05) is 11.4 Å². The molecule has 2 aromatic carbocycles. The second kappa shape index (κ2) is 8.41. The van der Waals surface area contributed by atoms with Gasteiger partial charge in [-0.2, -0.15) is 0 Å².